The third-order valence-corrected chi connectivity index (χ3v) is 4.63. The third kappa shape index (κ3) is 3.75. The molecule has 0 spiro atoms. The van der Waals surface area contributed by atoms with Crippen molar-refractivity contribution in [1.29, 1.82) is 0 Å². The van der Waals surface area contributed by atoms with E-state index >= 15 is 0 Å². The van der Waals surface area contributed by atoms with E-state index in [0.29, 0.717) is 11.3 Å². The molecule has 2 atom stereocenters. The van der Waals surface area contributed by atoms with Gasteiger partial charge in [-0.25, -0.2) is 4.79 Å². The van der Waals surface area contributed by atoms with Crippen LogP contribution in [0.3, 0.4) is 0 Å². The van der Waals surface area contributed by atoms with Gasteiger partial charge in [-0.05, 0) is 37.5 Å². The van der Waals surface area contributed by atoms with Gasteiger partial charge in [-0.3, -0.25) is 14.5 Å². The molecule has 1 saturated heterocycles. The Kier molecular flexibility index (Phi) is 5.35. The summed E-state index contributed by atoms with van der Waals surface area (Å²) in [5, 5.41) is 5.48. The van der Waals surface area contributed by atoms with E-state index in [1.54, 1.807) is 38.3 Å². The summed E-state index contributed by atoms with van der Waals surface area (Å²) in [6.07, 6.45) is 0. The number of urea groups is 1. The number of nitrogens with zero attached hydrogens (tertiary/aromatic N) is 1. The van der Waals surface area contributed by atoms with E-state index < -0.39 is 17.5 Å². The summed E-state index contributed by atoms with van der Waals surface area (Å²) in [6.45, 7) is 7.19. The molecule has 25 heavy (non-hydrogen) atoms. The minimum Gasteiger partial charge on any atom is -0.497 e. The van der Waals surface area contributed by atoms with Crippen LogP contribution in [0.1, 0.15) is 33.3 Å². The zero-order chi connectivity index (χ0) is 18.8. The molecule has 0 aliphatic carbocycles. The van der Waals surface area contributed by atoms with Gasteiger partial charge in [0, 0.05) is 6.04 Å². The van der Waals surface area contributed by atoms with Crippen molar-refractivity contribution in [2.24, 2.45) is 5.92 Å². The summed E-state index contributed by atoms with van der Waals surface area (Å²) in [6, 6.07) is 6.28. The first-order chi connectivity index (χ1) is 11.7. The summed E-state index contributed by atoms with van der Waals surface area (Å²) in [4.78, 5) is 38.1. The Bertz CT molecular complexity index is 671. The lowest BCUT2D eigenvalue weighted by molar-refractivity contribution is -0.135. The van der Waals surface area contributed by atoms with Crippen LogP contribution >= 0.6 is 0 Å². The SMILES string of the molecule is COc1ccc([C@@]2(C)NC(=O)N(CC(=O)N[C@H](C)C(C)C)C2=O)cc1. The van der Waals surface area contributed by atoms with Crippen molar-refractivity contribution >= 4 is 17.8 Å². The molecule has 0 bridgehead atoms. The molecule has 2 N–H and O–H groups in total. The molecule has 2 rings (SSSR count). The van der Waals surface area contributed by atoms with Crippen LogP contribution in [0.25, 0.3) is 0 Å². The van der Waals surface area contributed by atoms with Crippen LogP contribution in [0, 0.1) is 5.92 Å². The first-order valence-electron chi connectivity index (χ1n) is 8.27. The number of carbonyl (C=O) groups excluding carboxylic acids is 3. The van der Waals surface area contributed by atoms with Gasteiger partial charge in [0.1, 0.15) is 17.8 Å². The number of hydrogen-bond acceptors (Lipinski definition) is 4. The van der Waals surface area contributed by atoms with Crippen LogP contribution in [0.5, 0.6) is 5.75 Å². The largest absolute Gasteiger partial charge is 0.497 e. The fourth-order valence-electron chi connectivity index (χ4n) is 2.57. The highest BCUT2D eigenvalue weighted by atomic mass is 16.5. The van der Waals surface area contributed by atoms with E-state index in [9.17, 15) is 14.4 Å². The summed E-state index contributed by atoms with van der Waals surface area (Å²) >= 11 is 0. The maximum Gasteiger partial charge on any atom is 0.325 e. The van der Waals surface area contributed by atoms with Gasteiger partial charge in [-0.15, -0.1) is 0 Å². The number of ether oxygens (including phenoxy) is 1. The van der Waals surface area contributed by atoms with Crippen molar-refractivity contribution in [1.82, 2.24) is 15.5 Å². The standard InChI is InChI=1S/C18H25N3O4/c1-11(2)12(3)19-15(22)10-21-16(23)18(4,20-17(21)24)13-6-8-14(25-5)9-7-13/h6-9,11-12H,10H2,1-5H3,(H,19,22)(H,20,24)/t12-,18-/m1/s1. The second kappa shape index (κ2) is 7.13. The van der Waals surface area contributed by atoms with Crippen molar-refractivity contribution in [3.63, 3.8) is 0 Å². The summed E-state index contributed by atoms with van der Waals surface area (Å²) in [7, 11) is 1.55. The van der Waals surface area contributed by atoms with Crippen molar-refractivity contribution in [2.75, 3.05) is 13.7 Å². The van der Waals surface area contributed by atoms with Crippen LogP contribution in [0.4, 0.5) is 4.79 Å². The molecule has 1 aromatic carbocycles. The monoisotopic (exact) mass is 347 g/mol. The lowest BCUT2D eigenvalue weighted by atomic mass is 9.92. The number of methoxy groups -OCH3 is 1. The molecule has 136 valence electrons. The lowest BCUT2D eigenvalue weighted by Gasteiger charge is -2.23. The third-order valence-electron chi connectivity index (χ3n) is 4.63. The van der Waals surface area contributed by atoms with E-state index in [-0.39, 0.29) is 24.4 Å². The quantitative estimate of drug-likeness (QED) is 0.766. The minimum absolute atomic E-state index is 0.0405. The first kappa shape index (κ1) is 18.8. The number of benzene rings is 1. The molecule has 1 heterocycles. The van der Waals surface area contributed by atoms with Gasteiger partial charge < -0.3 is 15.4 Å². The van der Waals surface area contributed by atoms with Gasteiger partial charge in [-0.2, -0.15) is 0 Å². The van der Waals surface area contributed by atoms with Crippen molar-refractivity contribution in [3.05, 3.63) is 29.8 Å². The van der Waals surface area contributed by atoms with E-state index in [1.165, 1.54) is 0 Å². The molecule has 0 aromatic heterocycles. The average Bonchev–Trinajstić information content (AvgIpc) is 2.79. The predicted molar refractivity (Wildman–Crippen MR) is 93.0 cm³/mol. The van der Waals surface area contributed by atoms with E-state index in [1.807, 2.05) is 20.8 Å². The Morgan fingerprint density at radius 1 is 1.24 bits per heavy atom. The molecule has 0 unspecified atom stereocenters. The predicted octanol–water partition coefficient (Wildman–Crippen LogP) is 1.62. The van der Waals surface area contributed by atoms with Gasteiger partial charge in [0.2, 0.25) is 5.91 Å². The maximum absolute atomic E-state index is 12.8. The average molecular weight is 347 g/mol. The highest BCUT2D eigenvalue weighted by molar-refractivity contribution is 6.09. The number of rotatable bonds is 6. The van der Waals surface area contributed by atoms with Crippen molar-refractivity contribution in [2.45, 2.75) is 39.3 Å². The van der Waals surface area contributed by atoms with Crippen LogP contribution in [-0.2, 0) is 15.1 Å². The van der Waals surface area contributed by atoms with Crippen LogP contribution < -0.4 is 15.4 Å². The molecule has 1 aromatic rings. The lowest BCUT2D eigenvalue weighted by Crippen LogP contribution is -2.45. The topological polar surface area (TPSA) is 87.7 Å². The second-order valence-corrected chi connectivity index (χ2v) is 6.78. The number of nitrogens with one attached hydrogen (secondary N) is 2. The van der Waals surface area contributed by atoms with Crippen molar-refractivity contribution < 1.29 is 19.1 Å². The molecule has 0 radical (unpaired) electrons. The smallest absolute Gasteiger partial charge is 0.325 e. The molecule has 1 aliphatic heterocycles. The molecule has 1 aliphatic rings. The minimum atomic E-state index is -1.20. The Labute approximate surface area is 147 Å². The summed E-state index contributed by atoms with van der Waals surface area (Å²) in [5.41, 5.74) is -0.571. The highest BCUT2D eigenvalue weighted by Crippen LogP contribution is 2.29. The number of carbonyl (C=O) groups is 3. The Morgan fingerprint density at radius 2 is 1.84 bits per heavy atom. The van der Waals surface area contributed by atoms with E-state index in [0.717, 1.165) is 4.90 Å². The Hall–Kier alpha value is -2.57. The van der Waals surface area contributed by atoms with E-state index in [4.69, 9.17) is 4.74 Å². The Morgan fingerprint density at radius 3 is 2.36 bits per heavy atom. The molecular weight excluding hydrogens is 322 g/mol. The highest BCUT2D eigenvalue weighted by Gasteiger charge is 2.49. The summed E-state index contributed by atoms with van der Waals surface area (Å²) < 4.78 is 5.11. The van der Waals surface area contributed by atoms with Gasteiger partial charge >= 0.3 is 6.03 Å². The zero-order valence-electron chi connectivity index (χ0n) is 15.3. The van der Waals surface area contributed by atoms with Crippen molar-refractivity contribution in [3.8, 4) is 5.75 Å². The normalized spacial score (nSPS) is 21.3. The maximum atomic E-state index is 12.8. The molecule has 7 nitrogen and oxygen atoms in total. The summed E-state index contributed by atoms with van der Waals surface area (Å²) in [5.74, 6) is 0.110. The molecule has 0 saturated carbocycles. The van der Waals surface area contributed by atoms with Gasteiger partial charge in [0.15, 0.2) is 0 Å². The van der Waals surface area contributed by atoms with E-state index in [2.05, 4.69) is 10.6 Å². The molecule has 1 fully saturated rings. The fourth-order valence-corrected chi connectivity index (χ4v) is 2.57. The Balaban J connectivity index is 2.14. The van der Waals surface area contributed by atoms with Crippen LogP contribution in [-0.4, -0.2) is 42.4 Å². The molecule has 4 amide bonds. The van der Waals surface area contributed by atoms with Gasteiger partial charge in [0.25, 0.3) is 5.91 Å². The second-order valence-electron chi connectivity index (χ2n) is 6.78. The molecular formula is C18H25N3O4. The van der Waals surface area contributed by atoms with Gasteiger partial charge in [-0.1, -0.05) is 26.0 Å². The van der Waals surface area contributed by atoms with Crippen LogP contribution in [0.15, 0.2) is 24.3 Å². The van der Waals surface area contributed by atoms with Crippen LogP contribution in [0.2, 0.25) is 0 Å². The fraction of sp³-hybridized carbons (Fsp3) is 0.500. The zero-order valence-corrected chi connectivity index (χ0v) is 15.3. The number of amides is 4. The molecule has 7 heteroatoms. The van der Waals surface area contributed by atoms with Gasteiger partial charge in [0.05, 0.1) is 7.11 Å². The number of imide groups is 1. The number of hydrogen-bond donors (Lipinski definition) is 2. The first-order valence-corrected chi connectivity index (χ1v) is 8.27.